The van der Waals surface area contributed by atoms with Gasteiger partial charge in [-0.15, -0.1) is 0 Å². The van der Waals surface area contributed by atoms with Gasteiger partial charge in [-0.2, -0.15) is 0 Å². The molecule has 1 aromatic rings. The summed E-state index contributed by atoms with van der Waals surface area (Å²) in [6.45, 7) is 4.38. The lowest BCUT2D eigenvalue weighted by Gasteiger charge is -2.29. The highest BCUT2D eigenvalue weighted by Gasteiger charge is 2.20. The smallest absolute Gasteiger partial charge is 0.148 e. The Kier molecular flexibility index (Phi) is 3.96. The van der Waals surface area contributed by atoms with E-state index in [-0.39, 0.29) is 0 Å². The first kappa shape index (κ1) is 11.6. The number of hydrogen-bond donors (Lipinski definition) is 2. The lowest BCUT2D eigenvalue weighted by Crippen LogP contribution is -2.39. The van der Waals surface area contributed by atoms with Crippen molar-refractivity contribution in [2.24, 2.45) is 5.92 Å². The summed E-state index contributed by atoms with van der Waals surface area (Å²) < 4.78 is 0. The highest BCUT2D eigenvalue weighted by molar-refractivity contribution is 6.32. The van der Waals surface area contributed by atoms with Gasteiger partial charge in [0.05, 0.1) is 6.20 Å². The van der Waals surface area contributed by atoms with Crippen molar-refractivity contribution in [2.75, 3.05) is 18.4 Å². The number of nitrogens with zero attached hydrogens (tertiary/aromatic N) is 2. The molecule has 2 N–H and O–H groups in total. The normalized spacial score (nSPS) is 22.8. The van der Waals surface area contributed by atoms with E-state index >= 15 is 0 Å². The number of hydrogen-bond acceptors (Lipinski definition) is 4. The molecule has 1 aromatic heterocycles. The lowest BCUT2D eigenvalue weighted by molar-refractivity contribution is 0.346. The molecule has 1 fully saturated rings. The molecular weight excluding hydrogens is 224 g/mol. The molecule has 2 rings (SSSR count). The average molecular weight is 241 g/mol. The zero-order chi connectivity index (χ0) is 11.4. The number of nitrogens with one attached hydrogen (secondary N) is 2. The highest BCUT2D eigenvalue weighted by atomic mass is 35.5. The summed E-state index contributed by atoms with van der Waals surface area (Å²) in [5, 5.41) is 7.35. The molecule has 0 amide bonds. The molecule has 0 radical (unpaired) electrons. The van der Waals surface area contributed by atoms with Crippen molar-refractivity contribution in [1.82, 2.24) is 15.3 Å². The van der Waals surface area contributed by atoms with Crippen molar-refractivity contribution < 1.29 is 0 Å². The van der Waals surface area contributed by atoms with Crippen LogP contribution >= 0.6 is 11.6 Å². The van der Waals surface area contributed by atoms with Crippen LogP contribution in [-0.4, -0.2) is 29.1 Å². The van der Waals surface area contributed by atoms with Crippen molar-refractivity contribution in [3.8, 4) is 0 Å². The predicted octanol–water partition coefficient (Wildman–Crippen LogP) is 1.93. The summed E-state index contributed by atoms with van der Waals surface area (Å²) >= 11 is 6.00. The van der Waals surface area contributed by atoms with Gasteiger partial charge in [0.2, 0.25) is 0 Å². The topological polar surface area (TPSA) is 49.8 Å². The van der Waals surface area contributed by atoms with E-state index in [0.717, 1.165) is 18.9 Å². The van der Waals surface area contributed by atoms with Crippen molar-refractivity contribution in [1.29, 1.82) is 0 Å². The molecule has 0 spiro atoms. The van der Waals surface area contributed by atoms with Gasteiger partial charge in [0.25, 0.3) is 0 Å². The zero-order valence-corrected chi connectivity index (χ0v) is 10.2. The van der Waals surface area contributed by atoms with Crippen LogP contribution in [0.1, 0.15) is 19.8 Å². The van der Waals surface area contributed by atoms with E-state index in [9.17, 15) is 0 Å². The van der Waals surface area contributed by atoms with Gasteiger partial charge >= 0.3 is 0 Å². The number of aromatic nitrogens is 2. The Morgan fingerprint density at radius 1 is 1.62 bits per heavy atom. The molecule has 2 atom stereocenters. The van der Waals surface area contributed by atoms with Crippen LogP contribution in [-0.2, 0) is 0 Å². The Morgan fingerprint density at radius 2 is 2.50 bits per heavy atom. The summed E-state index contributed by atoms with van der Waals surface area (Å²) in [5.74, 6) is 1.37. The number of piperidine rings is 1. The maximum Gasteiger partial charge on any atom is 0.148 e. The van der Waals surface area contributed by atoms with Gasteiger partial charge in [-0.05, 0) is 38.8 Å². The Morgan fingerprint density at radius 3 is 3.19 bits per heavy atom. The fourth-order valence-corrected chi connectivity index (χ4v) is 2.22. The molecule has 0 bridgehead atoms. The fourth-order valence-electron chi connectivity index (χ4n) is 2.06. The van der Waals surface area contributed by atoms with Crippen LogP contribution in [0, 0.1) is 5.92 Å². The third-order valence-electron chi connectivity index (χ3n) is 3.07. The van der Waals surface area contributed by atoms with Crippen LogP contribution in [0.2, 0.25) is 5.02 Å². The highest BCUT2D eigenvalue weighted by Crippen LogP contribution is 2.21. The second kappa shape index (κ2) is 5.46. The molecule has 5 heteroatoms. The summed E-state index contributed by atoms with van der Waals surface area (Å²) in [6.07, 6.45) is 5.63. The van der Waals surface area contributed by atoms with Crippen molar-refractivity contribution in [3.05, 3.63) is 17.5 Å². The van der Waals surface area contributed by atoms with Gasteiger partial charge in [0, 0.05) is 6.04 Å². The molecule has 1 aliphatic heterocycles. The fraction of sp³-hybridized carbons (Fsp3) is 0.636. The van der Waals surface area contributed by atoms with Gasteiger partial charge < -0.3 is 10.6 Å². The summed E-state index contributed by atoms with van der Waals surface area (Å²) in [6, 6.07) is 0.375. The van der Waals surface area contributed by atoms with E-state index in [1.54, 1.807) is 6.20 Å². The Bertz CT molecular complexity index is 339. The monoisotopic (exact) mass is 240 g/mol. The van der Waals surface area contributed by atoms with E-state index in [4.69, 9.17) is 11.6 Å². The molecule has 1 saturated heterocycles. The SMILES string of the molecule is CC(Nc1ncncc1Cl)C1CCCNC1. The third kappa shape index (κ3) is 2.83. The number of halogens is 1. The van der Waals surface area contributed by atoms with Gasteiger partial charge in [0.1, 0.15) is 17.2 Å². The molecule has 2 unspecified atom stereocenters. The third-order valence-corrected chi connectivity index (χ3v) is 3.35. The van der Waals surface area contributed by atoms with Crippen molar-refractivity contribution in [3.63, 3.8) is 0 Å². The average Bonchev–Trinajstić information content (AvgIpc) is 2.33. The minimum Gasteiger partial charge on any atom is -0.366 e. The van der Waals surface area contributed by atoms with Crippen molar-refractivity contribution >= 4 is 17.4 Å². The largest absolute Gasteiger partial charge is 0.366 e. The van der Waals surface area contributed by atoms with E-state index in [0.29, 0.717) is 17.0 Å². The minimum atomic E-state index is 0.375. The Balaban J connectivity index is 1.96. The molecule has 0 aromatic carbocycles. The van der Waals surface area contributed by atoms with Crippen LogP contribution in [0.4, 0.5) is 5.82 Å². The number of rotatable bonds is 3. The van der Waals surface area contributed by atoms with Crippen LogP contribution in [0.25, 0.3) is 0 Å². The van der Waals surface area contributed by atoms with Gasteiger partial charge in [-0.3, -0.25) is 0 Å². The standard InChI is InChI=1S/C11H17ClN4/c1-8(9-3-2-4-13-5-9)16-11-10(12)6-14-7-15-11/h6-9,13H,2-5H2,1H3,(H,14,15,16). The van der Waals surface area contributed by atoms with E-state index < -0.39 is 0 Å². The van der Waals surface area contributed by atoms with Crippen LogP contribution < -0.4 is 10.6 Å². The summed E-state index contributed by atoms with van der Waals surface area (Å²) in [7, 11) is 0. The molecule has 0 saturated carbocycles. The van der Waals surface area contributed by atoms with E-state index in [2.05, 4.69) is 27.5 Å². The maximum atomic E-state index is 6.00. The molecule has 88 valence electrons. The molecule has 4 nitrogen and oxygen atoms in total. The van der Waals surface area contributed by atoms with Gasteiger partial charge in [-0.1, -0.05) is 11.6 Å². The Hall–Kier alpha value is -0.870. The maximum absolute atomic E-state index is 6.00. The minimum absolute atomic E-state index is 0.375. The van der Waals surface area contributed by atoms with Crippen LogP contribution in [0.15, 0.2) is 12.5 Å². The number of anilines is 1. The van der Waals surface area contributed by atoms with E-state index in [1.165, 1.54) is 19.2 Å². The van der Waals surface area contributed by atoms with Crippen LogP contribution in [0.3, 0.4) is 0 Å². The first-order valence-electron chi connectivity index (χ1n) is 5.70. The molecule has 2 heterocycles. The molecule has 16 heavy (non-hydrogen) atoms. The summed E-state index contributed by atoms with van der Waals surface area (Å²) in [4.78, 5) is 8.01. The Labute approximate surface area is 101 Å². The quantitative estimate of drug-likeness (QED) is 0.848. The molecular formula is C11H17ClN4. The second-order valence-corrected chi connectivity index (χ2v) is 4.67. The lowest BCUT2D eigenvalue weighted by atomic mass is 9.93. The molecule has 0 aliphatic carbocycles. The van der Waals surface area contributed by atoms with Crippen molar-refractivity contribution in [2.45, 2.75) is 25.8 Å². The predicted molar refractivity (Wildman–Crippen MR) is 65.7 cm³/mol. The first-order chi connectivity index (χ1) is 7.77. The van der Waals surface area contributed by atoms with Gasteiger partial charge in [0.15, 0.2) is 0 Å². The first-order valence-corrected chi connectivity index (χ1v) is 6.08. The second-order valence-electron chi connectivity index (χ2n) is 4.26. The van der Waals surface area contributed by atoms with Crippen LogP contribution in [0.5, 0.6) is 0 Å². The van der Waals surface area contributed by atoms with Gasteiger partial charge in [-0.25, -0.2) is 9.97 Å². The molecule has 1 aliphatic rings. The zero-order valence-electron chi connectivity index (χ0n) is 9.41. The van der Waals surface area contributed by atoms with E-state index in [1.807, 2.05) is 0 Å². The summed E-state index contributed by atoms with van der Waals surface area (Å²) in [5.41, 5.74) is 0.